The van der Waals surface area contributed by atoms with Crippen LogP contribution in [0.25, 0.3) is 0 Å². The minimum Gasteiger partial charge on any atom is -0.359 e. The maximum atomic E-state index is 14.7. The molecule has 0 saturated carbocycles. The molecule has 0 radical (unpaired) electrons. The highest BCUT2D eigenvalue weighted by molar-refractivity contribution is 7.92. The summed E-state index contributed by atoms with van der Waals surface area (Å²) < 4.78 is 56.5. The van der Waals surface area contributed by atoms with Crippen LogP contribution >= 0.6 is 22.9 Å². The Morgan fingerprint density at radius 2 is 1.91 bits per heavy atom. The number of hydrogen-bond donors (Lipinski definition) is 1. The first-order valence-corrected chi connectivity index (χ1v) is 12.2. The molecule has 0 bridgehead atoms. The largest absolute Gasteiger partial charge is 0.359 e. The summed E-state index contributed by atoms with van der Waals surface area (Å²) in [6, 6.07) is 7.15. The average molecular weight is 500 g/mol. The first-order valence-electron chi connectivity index (χ1n) is 9.53. The Labute approximate surface area is 193 Å². The summed E-state index contributed by atoms with van der Waals surface area (Å²) in [5.74, 6) is -1.82. The van der Waals surface area contributed by atoms with Gasteiger partial charge in [-0.2, -0.15) is 0 Å². The third-order valence-electron chi connectivity index (χ3n) is 4.70. The van der Waals surface area contributed by atoms with E-state index in [0.717, 1.165) is 22.5 Å². The minimum absolute atomic E-state index is 0.123. The SMILES string of the molecule is CNC(=O)CCc1ncc(C(C)N(c2cc(F)ccc2F)S(=O)(=O)c2ccc(Cl)cc2)s1. The van der Waals surface area contributed by atoms with Crippen LogP contribution in [0.5, 0.6) is 0 Å². The molecule has 11 heteroatoms. The van der Waals surface area contributed by atoms with Crippen molar-refractivity contribution in [3.8, 4) is 0 Å². The molecule has 0 saturated heterocycles. The Kier molecular flexibility index (Phi) is 7.47. The van der Waals surface area contributed by atoms with Crippen LogP contribution in [0.4, 0.5) is 14.5 Å². The molecule has 32 heavy (non-hydrogen) atoms. The van der Waals surface area contributed by atoms with Gasteiger partial charge in [0.15, 0.2) is 0 Å². The molecule has 170 valence electrons. The zero-order valence-corrected chi connectivity index (χ0v) is 19.6. The fraction of sp³-hybridized carbons (Fsp3) is 0.238. The third kappa shape index (κ3) is 5.25. The smallest absolute Gasteiger partial charge is 0.264 e. The summed E-state index contributed by atoms with van der Waals surface area (Å²) in [6.07, 6.45) is 2.08. The molecule has 0 spiro atoms. The predicted molar refractivity (Wildman–Crippen MR) is 120 cm³/mol. The number of hydrogen-bond acceptors (Lipinski definition) is 5. The zero-order chi connectivity index (χ0) is 23.5. The molecule has 0 aliphatic heterocycles. The standard InChI is InChI=1S/C21H20ClF2N3O3S2/c1-13(19-12-26-21(31-19)10-9-20(28)25-2)27(18-11-15(23)5-8-17(18)24)32(29,30)16-6-3-14(22)4-7-16/h3-8,11-13H,9-10H2,1-2H3,(H,25,28). The number of anilines is 1. The second-order valence-corrected chi connectivity index (χ2v) is 10.3. The van der Waals surface area contributed by atoms with Crippen molar-refractivity contribution < 1.29 is 22.0 Å². The highest BCUT2D eigenvalue weighted by Gasteiger charge is 2.33. The lowest BCUT2D eigenvalue weighted by molar-refractivity contribution is -0.120. The molecule has 3 rings (SSSR count). The number of nitrogens with zero attached hydrogens (tertiary/aromatic N) is 2. The van der Waals surface area contributed by atoms with Gasteiger partial charge >= 0.3 is 0 Å². The Hall–Kier alpha value is -2.56. The van der Waals surface area contributed by atoms with E-state index in [1.165, 1.54) is 48.8 Å². The van der Waals surface area contributed by atoms with Crippen molar-refractivity contribution in [2.45, 2.75) is 30.7 Å². The number of carbonyl (C=O) groups excluding carboxylic acids is 1. The van der Waals surface area contributed by atoms with Crippen molar-refractivity contribution in [2.24, 2.45) is 0 Å². The van der Waals surface area contributed by atoms with E-state index in [2.05, 4.69) is 10.3 Å². The molecule has 0 aliphatic rings. The van der Waals surface area contributed by atoms with Crippen LogP contribution < -0.4 is 9.62 Å². The highest BCUT2D eigenvalue weighted by Crippen LogP contribution is 2.37. The summed E-state index contributed by atoms with van der Waals surface area (Å²) in [7, 11) is -2.76. The predicted octanol–water partition coefficient (Wildman–Crippen LogP) is 4.71. The number of thiazole rings is 1. The topological polar surface area (TPSA) is 79.4 Å². The first-order chi connectivity index (χ1) is 15.1. The third-order valence-corrected chi connectivity index (χ3v) is 8.07. The molecular weight excluding hydrogens is 480 g/mol. The molecule has 3 aromatic rings. The van der Waals surface area contributed by atoms with Gasteiger partial charge in [0, 0.05) is 42.1 Å². The van der Waals surface area contributed by atoms with Gasteiger partial charge in [-0.1, -0.05) is 11.6 Å². The van der Waals surface area contributed by atoms with Gasteiger partial charge < -0.3 is 5.32 Å². The normalized spacial score (nSPS) is 12.4. The zero-order valence-electron chi connectivity index (χ0n) is 17.2. The number of aryl methyl sites for hydroxylation is 1. The summed E-state index contributed by atoms with van der Waals surface area (Å²) in [5, 5.41) is 3.48. The number of carbonyl (C=O) groups is 1. The van der Waals surface area contributed by atoms with Gasteiger partial charge in [-0.05, 0) is 43.3 Å². The van der Waals surface area contributed by atoms with Crippen molar-refractivity contribution in [3.63, 3.8) is 0 Å². The monoisotopic (exact) mass is 499 g/mol. The van der Waals surface area contributed by atoms with Crippen molar-refractivity contribution in [1.82, 2.24) is 10.3 Å². The van der Waals surface area contributed by atoms with Gasteiger partial charge in [0.05, 0.1) is 21.6 Å². The van der Waals surface area contributed by atoms with Crippen molar-refractivity contribution >= 4 is 44.6 Å². The Balaban J connectivity index is 2.05. The molecule has 1 N–H and O–H groups in total. The van der Waals surface area contributed by atoms with Gasteiger partial charge in [-0.25, -0.2) is 22.2 Å². The summed E-state index contributed by atoms with van der Waals surface area (Å²) in [5.41, 5.74) is -0.423. The van der Waals surface area contributed by atoms with Crippen molar-refractivity contribution in [1.29, 1.82) is 0 Å². The number of nitrogens with one attached hydrogen (secondary N) is 1. The van der Waals surface area contributed by atoms with Crippen LogP contribution in [-0.2, 0) is 21.2 Å². The molecule has 6 nitrogen and oxygen atoms in total. The lowest BCUT2D eigenvalue weighted by Gasteiger charge is -2.30. The molecule has 1 amide bonds. The van der Waals surface area contributed by atoms with Gasteiger partial charge in [-0.15, -0.1) is 11.3 Å². The molecule has 0 aliphatic carbocycles. The Bertz CT molecular complexity index is 1220. The number of rotatable bonds is 8. The van der Waals surface area contributed by atoms with E-state index < -0.39 is 33.4 Å². The number of halogens is 3. The van der Waals surface area contributed by atoms with E-state index in [1.54, 1.807) is 6.92 Å². The molecule has 1 aromatic heterocycles. The van der Waals surface area contributed by atoms with E-state index in [9.17, 15) is 22.0 Å². The lowest BCUT2D eigenvalue weighted by atomic mass is 10.2. The highest BCUT2D eigenvalue weighted by atomic mass is 35.5. The minimum atomic E-state index is -4.30. The van der Waals surface area contributed by atoms with Gasteiger partial charge in [0.1, 0.15) is 11.6 Å². The fourth-order valence-corrected chi connectivity index (χ4v) is 5.81. The van der Waals surface area contributed by atoms with E-state index >= 15 is 0 Å². The molecular formula is C21H20ClF2N3O3S2. The lowest BCUT2D eigenvalue weighted by Crippen LogP contribution is -2.34. The number of aromatic nitrogens is 1. The van der Waals surface area contributed by atoms with Gasteiger partial charge in [0.25, 0.3) is 10.0 Å². The number of benzene rings is 2. The molecule has 1 atom stereocenters. The Morgan fingerprint density at radius 3 is 2.56 bits per heavy atom. The maximum absolute atomic E-state index is 14.7. The van der Waals surface area contributed by atoms with Crippen LogP contribution in [0.1, 0.15) is 29.3 Å². The van der Waals surface area contributed by atoms with Gasteiger partial charge in [-0.3, -0.25) is 9.10 Å². The van der Waals surface area contributed by atoms with Gasteiger partial charge in [0.2, 0.25) is 5.91 Å². The van der Waals surface area contributed by atoms with E-state index in [1.807, 2.05) is 0 Å². The average Bonchev–Trinajstić information content (AvgIpc) is 3.24. The van der Waals surface area contributed by atoms with Crippen LogP contribution in [0, 0.1) is 11.6 Å². The molecule has 1 heterocycles. The summed E-state index contributed by atoms with van der Waals surface area (Å²) >= 11 is 7.08. The molecule has 2 aromatic carbocycles. The number of sulfonamides is 1. The fourth-order valence-electron chi connectivity index (χ4n) is 3.02. The van der Waals surface area contributed by atoms with Crippen LogP contribution in [0.2, 0.25) is 5.02 Å². The van der Waals surface area contributed by atoms with E-state index in [4.69, 9.17) is 11.6 Å². The quantitative estimate of drug-likeness (QED) is 0.487. The van der Waals surface area contributed by atoms with Crippen LogP contribution in [-0.4, -0.2) is 26.4 Å². The van der Waals surface area contributed by atoms with Crippen LogP contribution in [0.15, 0.2) is 53.6 Å². The molecule has 1 unspecified atom stereocenters. The van der Waals surface area contributed by atoms with E-state index in [-0.39, 0.29) is 17.2 Å². The molecule has 0 fully saturated rings. The summed E-state index contributed by atoms with van der Waals surface area (Å²) in [6.45, 7) is 1.56. The maximum Gasteiger partial charge on any atom is 0.264 e. The second kappa shape index (κ2) is 9.93. The second-order valence-electron chi connectivity index (χ2n) is 6.86. The number of amides is 1. The first kappa shape index (κ1) is 24.1. The van der Waals surface area contributed by atoms with E-state index in [0.29, 0.717) is 21.3 Å². The Morgan fingerprint density at radius 1 is 1.22 bits per heavy atom. The summed E-state index contributed by atoms with van der Waals surface area (Å²) in [4.78, 5) is 16.1. The van der Waals surface area contributed by atoms with Crippen molar-refractivity contribution in [3.05, 3.63) is 75.2 Å². The van der Waals surface area contributed by atoms with Crippen molar-refractivity contribution in [2.75, 3.05) is 11.4 Å². The van der Waals surface area contributed by atoms with Crippen LogP contribution in [0.3, 0.4) is 0 Å².